The van der Waals surface area contributed by atoms with Gasteiger partial charge >= 0.3 is 8.60 Å². The molecule has 2 unspecified atom stereocenters. The van der Waals surface area contributed by atoms with Crippen molar-refractivity contribution >= 4 is 8.60 Å². The van der Waals surface area contributed by atoms with Gasteiger partial charge in [0.15, 0.2) is 0 Å². The first-order valence-corrected chi connectivity index (χ1v) is 3.74. The summed E-state index contributed by atoms with van der Waals surface area (Å²) < 4.78 is 9.66. The van der Waals surface area contributed by atoms with Crippen LogP contribution in [0, 0.1) is 0 Å². The third kappa shape index (κ3) is 1.39. The van der Waals surface area contributed by atoms with Crippen LogP contribution in [0.1, 0.15) is 13.3 Å². The molecule has 0 aromatic rings. The van der Waals surface area contributed by atoms with E-state index in [2.05, 4.69) is 0 Å². The van der Waals surface area contributed by atoms with E-state index in [0.717, 1.165) is 6.42 Å². The zero-order valence-electron chi connectivity index (χ0n) is 4.70. The Balaban J connectivity index is 2.22. The normalized spacial score (nSPS) is 38.2. The summed E-state index contributed by atoms with van der Waals surface area (Å²) in [5, 5.41) is 0. The first-order valence-electron chi connectivity index (χ1n) is 2.61. The zero-order valence-corrected chi connectivity index (χ0v) is 5.60. The number of hydrogen-bond donors (Lipinski definition) is 1. The summed E-state index contributed by atoms with van der Waals surface area (Å²) in [6.07, 6.45) is 1.05. The van der Waals surface area contributed by atoms with Crippen molar-refractivity contribution in [2.45, 2.75) is 19.4 Å². The van der Waals surface area contributed by atoms with Crippen LogP contribution in [0.2, 0.25) is 0 Å². The van der Waals surface area contributed by atoms with Crippen LogP contribution in [-0.4, -0.2) is 17.6 Å². The highest BCUT2D eigenvalue weighted by molar-refractivity contribution is 7.40. The lowest BCUT2D eigenvalue weighted by Crippen LogP contribution is -2.05. The maximum atomic E-state index is 8.65. The molecule has 1 saturated heterocycles. The molecule has 1 N–H and O–H groups in total. The molecule has 1 aliphatic heterocycles. The Kier molecular flexibility index (Phi) is 2.20. The molecule has 3 nitrogen and oxygen atoms in total. The molecule has 8 heavy (non-hydrogen) atoms. The van der Waals surface area contributed by atoms with E-state index < -0.39 is 8.60 Å². The largest absolute Gasteiger partial charge is 0.330 e. The molecule has 1 aliphatic rings. The van der Waals surface area contributed by atoms with Gasteiger partial charge in [0.2, 0.25) is 0 Å². The molecule has 0 aliphatic carbocycles. The van der Waals surface area contributed by atoms with Crippen molar-refractivity contribution in [2.24, 2.45) is 0 Å². The van der Waals surface area contributed by atoms with Gasteiger partial charge in [-0.05, 0) is 6.42 Å². The van der Waals surface area contributed by atoms with E-state index in [1.54, 1.807) is 0 Å². The molecule has 0 aromatic heterocycles. The molecular formula is C4H9O3P. The third-order valence-corrected chi connectivity index (χ3v) is 1.91. The average molecular weight is 136 g/mol. The minimum Gasteiger partial charge on any atom is -0.328 e. The molecule has 1 rings (SSSR count). The van der Waals surface area contributed by atoms with Crippen molar-refractivity contribution in [1.82, 2.24) is 0 Å². The first-order chi connectivity index (χ1) is 3.83. The van der Waals surface area contributed by atoms with Gasteiger partial charge in [-0.1, -0.05) is 6.92 Å². The van der Waals surface area contributed by atoms with E-state index in [0.29, 0.717) is 6.61 Å². The molecule has 0 bridgehead atoms. The summed E-state index contributed by atoms with van der Waals surface area (Å²) in [5.41, 5.74) is 0. The highest BCUT2D eigenvalue weighted by Crippen LogP contribution is 2.41. The Morgan fingerprint density at radius 2 is 2.62 bits per heavy atom. The van der Waals surface area contributed by atoms with Crippen LogP contribution in [0.5, 0.6) is 0 Å². The monoisotopic (exact) mass is 136 g/mol. The Morgan fingerprint density at radius 3 is 2.88 bits per heavy atom. The number of hydrogen-bond acceptors (Lipinski definition) is 3. The average Bonchev–Trinajstić information content (AvgIpc) is 2.14. The predicted octanol–water partition coefficient (Wildman–Crippen LogP) is 1.03. The molecule has 48 valence electrons. The Labute approximate surface area is 49.6 Å². The van der Waals surface area contributed by atoms with Gasteiger partial charge < -0.3 is 13.9 Å². The van der Waals surface area contributed by atoms with E-state index in [-0.39, 0.29) is 6.10 Å². The predicted molar refractivity (Wildman–Crippen MR) is 30.3 cm³/mol. The van der Waals surface area contributed by atoms with Crippen LogP contribution < -0.4 is 0 Å². The fraction of sp³-hybridized carbons (Fsp3) is 1.00. The van der Waals surface area contributed by atoms with Crippen molar-refractivity contribution in [3.63, 3.8) is 0 Å². The highest BCUT2D eigenvalue weighted by Gasteiger charge is 2.23. The Hall–Kier alpha value is 0.310. The molecule has 1 fully saturated rings. The minimum absolute atomic E-state index is 0.131. The van der Waals surface area contributed by atoms with E-state index >= 15 is 0 Å². The molecule has 4 heteroatoms. The van der Waals surface area contributed by atoms with Gasteiger partial charge in [-0.3, -0.25) is 0 Å². The number of rotatable bonds is 1. The van der Waals surface area contributed by atoms with Gasteiger partial charge in [0, 0.05) is 0 Å². The molecule has 0 spiro atoms. The molecule has 0 saturated carbocycles. The Bertz CT molecular complexity index is 77.7. The van der Waals surface area contributed by atoms with Gasteiger partial charge in [-0.25, -0.2) is 0 Å². The zero-order chi connectivity index (χ0) is 5.98. The van der Waals surface area contributed by atoms with Gasteiger partial charge in [0.25, 0.3) is 0 Å². The standard InChI is InChI=1S/C4H9O3P/c1-2-4-3-6-8(5)7-4/h4-5H,2-3H2,1H3. The van der Waals surface area contributed by atoms with E-state index in [4.69, 9.17) is 13.9 Å². The Morgan fingerprint density at radius 1 is 1.88 bits per heavy atom. The topological polar surface area (TPSA) is 38.7 Å². The summed E-state index contributed by atoms with van der Waals surface area (Å²) in [5.74, 6) is 0. The smallest absolute Gasteiger partial charge is 0.328 e. The van der Waals surface area contributed by atoms with Crippen molar-refractivity contribution < 1.29 is 13.9 Å². The van der Waals surface area contributed by atoms with Crippen molar-refractivity contribution in [3.05, 3.63) is 0 Å². The van der Waals surface area contributed by atoms with Crippen molar-refractivity contribution in [3.8, 4) is 0 Å². The lowest BCUT2D eigenvalue weighted by molar-refractivity contribution is 0.228. The van der Waals surface area contributed by atoms with Crippen LogP contribution in [0.3, 0.4) is 0 Å². The molecule has 1 heterocycles. The molecular weight excluding hydrogens is 127 g/mol. The molecule has 0 amide bonds. The van der Waals surface area contributed by atoms with Crippen LogP contribution in [0.4, 0.5) is 0 Å². The third-order valence-electron chi connectivity index (χ3n) is 1.07. The van der Waals surface area contributed by atoms with Gasteiger partial charge in [-0.2, -0.15) is 0 Å². The van der Waals surface area contributed by atoms with Gasteiger partial charge in [0.05, 0.1) is 12.7 Å². The molecule has 0 radical (unpaired) electrons. The van der Waals surface area contributed by atoms with Crippen LogP contribution in [0.25, 0.3) is 0 Å². The second-order valence-electron chi connectivity index (χ2n) is 1.67. The van der Waals surface area contributed by atoms with Crippen LogP contribution in [-0.2, 0) is 9.05 Å². The first kappa shape index (κ1) is 6.43. The summed E-state index contributed by atoms with van der Waals surface area (Å²) >= 11 is 0. The van der Waals surface area contributed by atoms with Crippen molar-refractivity contribution in [1.29, 1.82) is 0 Å². The summed E-state index contributed by atoms with van der Waals surface area (Å²) in [7, 11) is -1.51. The van der Waals surface area contributed by atoms with Gasteiger partial charge in [-0.15, -0.1) is 0 Å². The second-order valence-corrected chi connectivity index (χ2v) is 2.61. The lowest BCUT2D eigenvalue weighted by atomic mass is 10.3. The maximum Gasteiger partial charge on any atom is 0.330 e. The summed E-state index contributed by atoms with van der Waals surface area (Å²) in [4.78, 5) is 8.65. The minimum atomic E-state index is -1.51. The summed E-state index contributed by atoms with van der Waals surface area (Å²) in [6, 6.07) is 0. The summed E-state index contributed by atoms with van der Waals surface area (Å²) in [6.45, 7) is 2.56. The second kappa shape index (κ2) is 2.74. The van der Waals surface area contributed by atoms with Crippen molar-refractivity contribution in [2.75, 3.05) is 6.61 Å². The van der Waals surface area contributed by atoms with Crippen LogP contribution in [0.15, 0.2) is 0 Å². The lowest BCUT2D eigenvalue weighted by Gasteiger charge is -1.99. The SMILES string of the molecule is CCC1COP(O)O1. The van der Waals surface area contributed by atoms with Gasteiger partial charge in [0.1, 0.15) is 0 Å². The molecule has 0 aromatic carbocycles. The van der Waals surface area contributed by atoms with Crippen LogP contribution >= 0.6 is 8.60 Å². The van der Waals surface area contributed by atoms with E-state index in [9.17, 15) is 0 Å². The van der Waals surface area contributed by atoms with E-state index in [1.807, 2.05) is 6.92 Å². The maximum absolute atomic E-state index is 8.65. The fourth-order valence-corrected chi connectivity index (χ4v) is 1.35. The molecule has 2 atom stereocenters. The van der Waals surface area contributed by atoms with E-state index in [1.165, 1.54) is 0 Å². The fourth-order valence-electron chi connectivity index (χ4n) is 0.528. The quantitative estimate of drug-likeness (QED) is 0.547. The highest BCUT2D eigenvalue weighted by atomic mass is 31.2.